The van der Waals surface area contributed by atoms with E-state index in [9.17, 15) is 0 Å². The van der Waals surface area contributed by atoms with Gasteiger partial charge in [-0.05, 0) is 34.8 Å². The normalized spacial score (nSPS) is 20.1. The highest BCUT2D eigenvalue weighted by Crippen LogP contribution is 2.40. The van der Waals surface area contributed by atoms with E-state index in [1.165, 1.54) is 15.9 Å². The Bertz CT molecular complexity index is 1120. The summed E-state index contributed by atoms with van der Waals surface area (Å²) in [5, 5.41) is 2.47. The summed E-state index contributed by atoms with van der Waals surface area (Å²) >= 11 is 0. The molecule has 0 unspecified atom stereocenters. The summed E-state index contributed by atoms with van der Waals surface area (Å²) in [6.07, 6.45) is 0.641. The molecule has 0 bridgehead atoms. The molecule has 1 fully saturated rings. The van der Waals surface area contributed by atoms with Gasteiger partial charge in [-0.15, -0.1) is 0 Å². The van der Waals surface area contributed by atoms with Crippen molar-refractivity contribution in [1.82, 2.24) is 0 Å². The minimum absolute atomic E-state index is 0.0234. The van der Waals surface area contributed by atoms with Crippen LogP contribution in [0.4, 0.5) is 0 Å². The molecular weight excluding hydrogens is 500 g/mol. The summed E-state index contributed by atoms with van der Waals surface area (Å²) in [6, 6.07) is 31.9. The molecule has 3 aromatic carbocycles. The smallest absolute Gasteiger partial charge is 0.261 e. The second-order valence-corrected chi connectivity index (χ2v) is 17.2. The van der Waals surface area contributed by atoms with Crippen LogP contribution in [0.25, 0.3) is 0 Å². The van der Waals surface area contributed by atoms with E-state index in [1.54, 1.807) is 0 Å². The van der Waals surface area contributed by atoms with Gasteiger partial charge in [-0.25, -0.2) is 0 Å². The van der Waals surface area contributed by atoms with E-state index in [1.807, 2.05) is 32.0 Å². The van der Waals surface area contributed by atoms with Crippen LogP contribution in [0.2, 0.25) is 5.04 Å². The summed E-state index contributed by atoms with van der Waals surface area (Å²) in [5.41, 5.74) is 0.990. The summed E-state index contributed by atoms with van der Waals surface area (Å²) in [5.74, 6) is -0.709. The summed E-state index contributed by atoms with van der Waals surface area (Å²) in [7, 11) is -2.65. The van der Waals surface area contributed by atoms with Gasteiger partial charge in [-0.1, -0.05) is 126 Å². The molecule has 210 valence electrons. The van der Waals surface area contributed by atoms with E-state index in [0.29, 0.717) is 19.8 Å². The van der Waals surface area contributed by atoms with E-state index < -0.39 is 14.1 Å². The minimum Gasteiger partial charge on any atom is -0.405 e. The monoisotopic (exact) mass is 546 g/mol. The molecular formula is C34H46O4Si. The highest BCUT2D eigenvalue weighted by atomic mass is 28.4. The molecule has 0 amide bonds. The van der Waals surface area contributed by atoms with Crippen LogP contribution in [0.5, 0.6) is 0 Å². The summed E-state index contributed by atoms with van der Waals surface area (Å²) in [6.45, 7) is 17.1. The molecule has 1 aliphatic rings. The Morgan fingerprint density at radius 2 is 1.28 bits per heavy atom. The molecule has 0 N–H and O–H groups in total. The van der Waals surface area contributed by atoms with E-state index in [2.05, 4.69) is 107 Å². The Morgan fingerprint density at radius 1 is 0.769 bits per heavy atom. The fourth-order valence-corrected chi connectivity index (χ4v) is 10.4. The molecule has 0 aromatic heterocycles. The first-order chi connectivity index (χ1) is 18.4. The van der Waals surface area contributed by atoms with Crippen LogP contribution < -0.4 is 10.4 Å². The van der Waals surface area contributed by atoms with Gasteiger partial charge < -0.3 is 18.6 Å². The van der Waals surface area contributed by atoms with Gasteiger partial charge in [-0.2, -0.15) is 0 Å². The Labute approximate surface area is 236 Å². The van der Waals surface area contributed by atoms with Gasteiger partial charge in [0.05, 0.1) is 32.0 Å². The second kappa shape index (κ2) is 12.1. The van der Waals surface area contributed by atoms with Gasteiger partial charge in [-0.3, -0.25) is 0 Å². The lowest BCUT2D eigenvalue weighted by atomic mass is 9.83. The lowest BCUT2D eigenvalue weighted by Gasteiger charge is -2.48. The summed E-state index contributed by atoms with van der Waals surface area (Å²) < 4.78 is 26.4. The van der Waals surface area contributed by atoms with Crippen molar-refractivity contribution < 1.29 is 18.6 Å². The Hall–Kier alpha value is -2.28. The van der Waals surface area contributed by atoms with Crippen molar-refractivity contribution >= 4 is 18.7 Å². The van der Waals surface area contributed by atoms with Crippen molar-refractivity contribution in [2.24, 2.45) is 5.41 Å². The van der Waals surface area contributed by atoms with Crippen molar-refractivity contribution in [3.63, 3.8) is 0 Å². The molecule has 5 heteroatoms. The number of hydrogen-bond acceptors (Lipinski definition) is 4. The van der Waals surface area contributed by atoms with Gasteiger partial charge in [0.2, 0.25) is 0 Å². The second-order valence-electron chi connectivity index (χ2n) is 12.9. The molecule has 0 spiro atoms. The highest BCUT2D eigenvalue weighted by molar-refractivity contribution is 6.99. The highest BCUT2D eigenvalue weighted by Gasteiger charge is 2.51. The molecule has 2 atom stereocenters. The molecule has 0 radical (unpaired) electrons. The van der Waals surface area contributed by atoms with Gasteiger partial charge in [0.1, 0.15) is 0 Å². The molecule has 4 nitrogen and oxygen atoms in total. The average Bonchev–Trinajstić information content (AvgIpc) is 2.89. The third-order valence-electron chi connectivity index (χ3n) is 7.71. The lowest BCUT2D eigenvalue weighted by molar-refractivity contribution is -0.321. The van der Waals surface area contributed by atoms with Crippen molar-refractivity contribution in [3.8, 4) is 0 Å². The largest absolute Gasteiger partial charge is 0.405 e. The first kappa shape index (κ1) is 29.7. The summed E-state index contributed by atoms with van der Waals surface area (Å²) in [4.78, 5) is 0. The predicted molar refractivity (Wildman–Crippen MR) is 162 cm³/mol. The molecule has 3 aromatic rings. The molecule has 39 heavy (non-hydrogen) atoms. The first-order valence-electron chi connectivity index (χ1n) is 14.2. The van der Waals surface area contributed by atoms with Gasteiger partial charge in [0, 0.05) is 11.8 Å². The maximum Gasteiger partial charge on any atom is 0.261 e. The fraction of sp³-hybridized carbons (Fsp3) is 0.471. The van der Waals surface area contributed by atoms with Crippen LogP contribution >= 0.6 is 0 Å². The zero-order valence-electron chi connectivity index (χ0n) is 24.8. The maximum atomic E-state index is 7.23. The van der Waals surface area contributed by atoms with Crippen LogP contribution in [0.3, 0.4) is 0 Å². The van der Waals surface area contributed by atoms with Crippen LogP contribution in [0, 0.1) is 5.41 Å². The van der Waals surface area contributed by atoms with Crippen LogP contribution in [-0.2, 0) is 25.2 Å². The average molecular weight is 547 g/mol. The van der Waals surface area contributed by atoms with E-state index in [-0.39, 0.29) is 22.7 Å². The van der Waals surface area contributed by atoms with Gasteiger partial charge in [0.25, 0.3) is 8.32 Å². The Balaban J connectivity index is 1.54. The van der Waals surface area contributed by atoms with Crippen LogP contribution in [-0.4, -0.2) is 39.5 Å². The Kier molecular flexibility index (Phi) is 9.19. The van der Waals surface area contributed by atoms with Gasteiger partial charge >= 0.3 is 0 Å². The molecule has 0 aliphatic carbocycles. The Morgan fingerprint density at radius 3 is 1.79 bits per heavy atom. The van der Waals surface area contributed by atoms with E-state index in [4.69, 9.17) is 18.6 Å². The van der Waals surface area contributed by atoms with Crippen LogP contribution in [0.15, 0.2) is 91.0 Å². The molecule has 1 saturated heterocycles. The van der Waals surface area contributed by atoms with Crippen molar-refractivity contribution in [2.75, 3.05) is 13.2 Å². The van der Waals surface area contributed by atoms with E-state index >= 15 is 0 Å². The zero-order chi connectivity index (χ0) is 28.2. The standard InChI is InChI=1S/C34H46O4Si/c1-32(2,3)39(29-19-13-9-14-20-29,30-21-15-10-16-22-30)36-25-28-23-31(38-34(6,7)37-28)33(4,5)26-35-24-27-17-11-8-12-18-27/h8-22,28,31H,23-26H2,1-7H3/t28-,31+/m0/s1. The molecule has 1 aliphatic heterocycles. The topological polar surface area (TPSA) is 36.9 Å². The number of rotatable bonds is 10. The number of benzene rings is 3. The molecule has 4 rings (SSSR count). The van der Waals surface area contributed by atoms with Crippen molar-refractivity contribution in [1.29, 1.82) is 0 Å². The quantitative estimate of drug-likeness (QED) is 0.265. The zero-order valence-corrected chi connectivity index (χ0v) is 25.8. The predicted octanol–water partition coefficient (Wildman–Crippen LogP) is 6.72. The lowest BCUT2D eigenvalue weighted by Crippen LogP contribution is -2.67. The third kappa shape index (κ3) is 7.08. The maximum absolute atomic E-state index is 7.23. The molecule has 1 heterocycles. The third-order valence-corrected chi connectivity index (χ3v) is 12.7. The van der Waals surface area contributed by atoms with Crippen molar-refractivity contribution in [2.45, 2.75) is 84.5 Å². The van der Waals surface area contributed by atoms with E-state index in [0.717, 1.165) is 6.42 Å². The number of ether oxygens (including phenoxy) is 3. The molecule has 0 saturated carbocycles. The van der Waals surface area contributed by atoms with Gasteiger partial charge in [0.15, 0.2) is 5.79 Å². The first-order valence-corrected chi connectivity index (χ1v) is 16.1. The SMILES string of the molecule is CC1(C)O[C@H](CO[Si](c2ccccc2)(c2ccccc2)C(C)(C)C)C[C@H](C(C)(C)COCc2ccccc2)O1. The van der Waals surface area contributed by atoms with Crippen LogP contribution in [0.1, 0.15) is 60.5 Å². The van der Waals surface area contributed by atoms with Crippen molar-refractivity contribution in [3.05, 3.63) is 96.6 Å². The minimum atomic E-state index is -2.65. The fourth-order valence-electron chi connectivity index (χ4n) is 5.77. The number of hydrogen-bond donors (Lipinski definition) is 0.